The molecule has 1 aromatic rings. The molecule has 1 aliphatic rings. The van der Waals surface area contributed by atoms with Gasteiger partial charge in [-0.25, -0.2) is 0 Å². The summed E-state index contributed by atoms with van der Waals surface area (Å²) in [6.45, 7) is 4.30. The van der Waals surface area contributed by atoms with Gasteiger partial charge in [0.25, 0.3) is 0 Å². The summed E-state index contributed by atoms with van der Waals surface area (Å²) in [7, 11) is 0. The molecule has 0 spiro atoms. The van der Waals surface area contributed by atoms with Crippen molar-refractivity contribution in [1.29, 1.82) is 0 Å². The fourth-order valence-corrected chi connectivity index (χ4v) is 2.92. The molecule has 0 aliphatic carbocycles. The number of rotatable bonds is 7. The lowest BCUT2D eigenvalue weighted by Crippen LogP contribution is -2.39. The Balaban J connectivity index is 1.89. The minimum absolute atomic E-state index is 0.0239. The van der Waals surface area contributed by atoms with Gasteiger partial charge in [-0.3, -0.25) is 14.4 Å². The van der Waals surface area contributed by atoms with Crippen LogP contribution in [0.1, 0.15) is 25.8 Å². The molecule has 24 heavy (non-hydrogen) atoms. The van der Waals surface area contributed by atoms with Crippen molar-refractivity contribution < 1.29 is 19.5 Å². The number of hydrogen-bond donors (Lipinski definition) is 2. The molecule has 2 N–H and O–H groups in total. The van der Waals surface area contributed by atoms with Gasteiger partial charge in [0, 0.05) is 25.6 Å². The number of carbonyl (C=O) groups excluding carboxylic acids is 2. The Labute approximate surface area is 141 Å². The second-order valence-electron chi connectivity index (χ2n) is 6.51. The van der Waals surface area contributed by atoms with Crippen LogP contribution in [0.5, 0.6) is 0 Å². The Morgan fingerprint density at radius 1 is 1.29 bits per heavy atom. The van der Waals surface area contributed by atoms with Crippen molar-refractivity contribution in [3.8, 4) is 0 Å². The van der Waals surface area contributed by atoms with Gasteiger partial charge in [0.05, 0.1) is 11.8 Å². The quantitative estimate of drug-likeness (QED) is 0.788. The van der Waals surface area contributed by atoms with Gasteiger partial charge >= 0.3 is 5.97 Å². The first kappa shape index (κ1) is 18.0. The highest BCUT2D eigenvalue weighted by Crippen LogP contribution is 2.20. The fraction of sp³-hybridized carbons (Fsp3) is 0.500. The fourth-order valence-electron chi connectivity index (χ4n) is 2.92. The predicted octanol–water partition coefficient (Wildman–Crippen LogP) is 1.30. The Hall–Kier alpha value is -2.37. The van der Waals surface area contributed by atoms with Gasteiger partial charge in [0.15, 0.2) is 0 Å². The molecule has 2 amide bonds. The molecular weight excluding hydrogens is 308 g/mol. The second kappa shape index (κ2) is 7.95. The lowest BCUT2D eigenvalue weighted by atomic mass is 9.99. The van der Waals surface area contributed by atoms with Gasteiger partial charge in [-0.2, -0.15) is 0 Å². The lowest BCUT2D eigenvalue weighted by Gasteiger charge is -2.21. The molecule has 0 saturated carbocycles. The first-order chi connectivity index (χ1) is 11.4. The third-order valence-electron chi connectivity index (χ3n) is 4.35. The SMILES string of the molecule is CC(C)N1CC(C(=O)NCC(Cc2ccccc2)C(=O)O)CC1=O. The van der Waals surface area contributed by atoms with Crippen molar-refractivity contribution in [1.82, 2.24) is 10.2 Å². The summed E-state index contributed by atoms with van der Waals surface area (Å²) in [5.74, 6) is -2.29. The molecule has 6 nitrogen and oxygen atoms in total. The van der Waals surface area contributed by atoms with Crippen LogP contribution < -0.4 is 5.32 Å². The molecule has 0 bridgehead atoms. The van der Waals surface area contributed by atoms with Crippen LogP contribution in [0.2, 0.25) is 0 Å². The second-order valence-corrected chi connectivity index (χ2v) is 6.51. The topological polar surface area (TPSA) is 86.7 Å². The maximum atomic E-state index is 12.3. The average molecular weight is 332 g/mol. The maximum absolute atomic E-state index is 12.3. The Morgan fingerprint density at radius 2 is 1.96 bits per heavy atom. The number of amides is 2. The number of benzene rings is 1. The molecule has 1 saturated heterocycles. The number of carbonyl (C=O) groups is 3. The van der Waals surface area contributed by atoms with E-state index in [1.165, 1.54) is 0 Å². The Kier molecular flexibility index (Phi) is 5.95. The number of carboxylic acid groups (broad SMARTS) is 1. The summed E-state index contributed by atoms with van der Waals surface area (Å²) in [5, 5.41) is 12.1. The highest BCUT2D eigenvalue weighted by Gasteiger charge is 2.35. The van der Waals surface area contributed by atoms with E-state index >= 15 is 0 Å². The van der Waals surface area contributed by atoms with E-state index in [-0.39, 0.29) is 30.8 Å². The normalized spacial score (nSPS) is 18.7. The summed E-state index contributed by atoms with van der Waals surface area (Å²) in [6.07, 6.45) is 0.554. The van der Waals surface area contributed by atoms with Crippen LogP contribution in [0.4, 0.5) is 0 Å². The molecule has 2 unspecified atom stereocenters. The van der Waals surface area contributed by atoms with E-state index in [4.69, 9.17) is 0 Å². The molecule has 0 radical (unpaired) electrons. The summed E-state index contributed by atoms with van der Waals surface area (Å²) >= 11 is 0. The van der Waals surface area contributed by atoms with Gasteiger partial charge in [0.2, 0.25) is 11.8 Å². The summed E-state index contributed by atoms with van der Waals surface area (Å²) < 4.78 is 0. The lowest BCUT2D eigenvalue weighted by molar-refractivity contribution is -0.141. The number of aliphatic carboxylic acids is 1. The third-order valence-corrected chi connectivity index (χ3v) is 4.35. The van der Waals surface area contributed by atoms with E-state index in [9.17, 15) is 19.5 Å². The first-order valence-electron chi connectivity index (χ1n) is 8.22. The van der Waals surface area contributed by atoms with E-state index in [1.54, 1.807) is 4.90 Å². The van der Waals surface area contributed by atoms with E-state index in [0.717, 1.165) is 5.56 Å². The Bertz CT molecular complexity index is 600. The highest BCUT2D eigenvalue weighted by atomic mass is 16.4. The molecule has 0 aromatic heterocycles. The van der Waals surface area contributed by atoms with Crippen molar-refractivity contribution >= 4 is 17.8 Å². The molecule has 1 aliphatic heterocycles. The summed E-state index contributed by atoms with van der Waals surface area (Å²) in [5.41, 5.74) is 0.918. The van der Waals surface area contributed by atoms with Gasteiger partial charge in [0.1, 0.15) is 0 Å². The number of hydrogen-bond acceptors (Lipinski definition) is 3. The van der Waals surface area contributed by atoms with Gasteiger partial charge in [-0.15, -0.1) is 0 Å². The molecule has 2 rings (SSSR count). The number of likely N-dealkylation sites (tertiary alicyclic amines) is 1. The van der Waals surface area contributed by atoms with Crippen molar-refractivity contribution in [3.05, 3.63) is 35.9 Å². The maximum Gasteiger partial charge on any atom is 0.308 e. The molecule has 1 aromatic carbocycles. The zero-order valence-corrected chi connectivity index (χ0v) is 14.1. The van der Waals surface area contributed by atoms with Crippen LogP contribution in [-0.4, -0.2) is 46.9 Å². The molecule has 1 heterocycles. The zero-order chi connectivity index (χ0) is 17.7. The first-order valence-corrected chi connectivity index (χ1v) is 8.22. The average Bonchev–Trinajstić information content (AvgIpc) is 2.94. The van der Waals surface area contributed by atoms with Crippen molar-refractivity contribution in [2.45, 2.75) is 32.7 Å². The van der Waals surface area contributed by atoms with E-state index in [2.05, 4.69) is 5.32 Å². The summed E-state index contributed by atoms with van der Waals surface area (Å²) in [6, 6.07) is 9.40. The van der Waals surface area contributed by atoms with Crippen LogP contribution >= 0.6 is 0 Å². The monoisotopic (exact) mass is 332 g/mol. The number of nitrogens with one attached hydrogen (secondary N) is 1. The largest absolute Gasteiger partial charge is 0.481 e. The summed E-state index contributed by atoms with van der Waals surface area (Å²) in [4.78, 5) is 37.2. The number of nitrogens with zero attached hydrogens (tertiary/aromatic N) is 1. The molecule has 2 atom stereocenters. The van der Waals surface area contributed by atoms with Crippen molar-refractivity contribution in [2.75, 3.05) is 13.1 Å². The molecular formula is C18H24N2O4. The zero-order valence-electron chi connectivity index (χ0n) is 14.1. The minimum Gasteiger partial charge on any atom is -0.481 e. The van der Waals surface area contributed by atoms with Crippen LogP contribution in [0, 0.1) is 11.8 Å². The Morgan fingerprint density at radius 3 is 2.50 bits per heavy atom. The van der Waals surface area contributed by atoms with Crippen molar-refractivity contribution in [2.24, 2.45) is 11.8 Å². The molecule has 1 fully saturated rings. The third kappa shape index (κ3) is 4.57. The highest BCUT2D eigenvalue weighted by molar-refractivity contribution is 5.89. The number of carboxylic acids is 1. The minimum atomic E-state index is -0.939. The van der Waals surface area contributed by atoms with Gasteiger partial charge < -0.3 is 15.3 Å². The molecule has 130 valence electrons. The van der Waals surface area contributed by atoms with Crippen molar-refractivity contribution in [3.63, 3.8) is 0 Å². The van der Waals surface area contributed by atoms with E-state index < -0.39 is 17.8 Å². The molecule has 6 heteroatoms. The standard InChI is InChI=1S/C18H24N2O4/c1-12(2)20-11-15(9-16(20)21)17(22)19-10-14(18(23)24)8-13-6-4-3-5-7-13/h3-7,12,14-15H,8-11H2,1-2H3,(H,19,22)(H,23,24). The predicted molar refractivity (Wildman–Crippen MR) is 89.2 cm³/mol. The van der Waals surface area contributed by atoms with Crippen LogP contribution in [0.15, 0.2) is 30.3 Å². The smallest absolute Gasteiger partial charge is 0.308 e. The van der Waals surface area contributed by atoms with Crippen LogP contribution in [-0.2, 0) is 20.8 Å². The van der Waals surface area contributed by atoms with Crippen LogP contribution in [0.25, 0.3) is 0 Å². The van der Waals surface area contributed by atoms with Crippen LogP contribution in [0.3, 0.4) is 0 Å². The van der Waals surface area contributed by atoms with Gasteiger partial charge in [-0.05, 0) is 25.8 Å². The van der Waals surface area contributed by atoms with E-state index in [1.807, 2.05) is 44.2 Å². The van der Waals surface area contributed by atoms with E-state index in [0.29, 0.717) is 13.0 Å². The van der Waals surface area contributed by atoms with Gasteiger partial charge in [-0.1, -0.05) is 30.3 Å².